The van der Waals surface area contributed by atoms with Gasteiger partial charge in [-0.05, 0) is 61.2 Å². The number of nitrogens with zero attached hydrogens (tertiary/aromatic N) is 5. The van der Waals surface area contributed by atoms with Crippen LogP contribution in [0, 0.1) is 17.8 Å². The number of hydrogen-bond donors (Lipinski definition) is 0. The van der Waals surface area contributed by atoms with Crippen molar-refractivity contribution in [2.24, 2.45) is 17.8 Å². The standard InChI is InChI=1S/C31H36N5O4Si/c1-4-39-31(37)30-25-18-35(19-26(25)30)17-23-7-5-21-15-24(8-9-27(21)34-23)40-29-10-6-22(16-32-29)28-11-12-33-36(28)20-38-13-14-41(2)3/h5-12,15-16,25-26,30H,4,13-14,17-20H2,1-3H3/t25-,26+,30?. The van der Waals surface area contributed by atoms with E-state index in [-0.39, 0.29) is 20.7 Å². The summed E-state index contributed by atoms with van der Waals surface area (Å²) in [5.74, 6) is 2.18. The maximum absolute atomic E-state index is 12.0. The highest BCUT2D eigenvalue weighted by molar-refractivity contribution is 6.55. The molecule has 2 fully saturated rings. The molecule has 9 nitrogen and oxygen atoms in total. The Balaban J connectivity index is 1.04. The van der Waals surface area contributed by atoms with Crippen molar-refractivity contribution in [3.63, 3.8) is 0 Å². The van der Waals surface area contributed by atoms with E-state index in [0.717, 1.165) is 60.1 Å². The van der Waals surface area contributed by atoms with E-state index < -0.39 is 0 Å². The minimum Gasteiger partial charge on any atom is -0.466 e. The second-order valence-electron chi connectivity index (χ2n) is 11.2. The van der Waals surface area contributed by atoms with Gasteiger partial charge < -0.3 is 14.2 Å². The van der Waals surface area contributed by atoms with E-state index >= 15 is 0 Å². The van der Waals surface area contributed by atoms with Crippen LogP contribution in [0.4, 0.5) is 0 Å². The molecule has 4 heterocycles. The summed E-state index contributed by atoms with van der Waals surface area (Å²) in [6.45, 7) is 10.7. The van der Waals surface area contributed by atoms with Crippen LogP contribution in [-0.2, 0) is 27.5 Å². The second kappa shape index (κ2) is 12.1. The number of carbonyl (C=O) groups excluding carboxylic acids is 1. The molecule has 1 saturated heterocycles. The Morgan fingerprint density at radius 2 is 1.93 bits per heavy atom. The number of rotatable bonds is 12. The van der Waals surface area contributed by atoms with Gasteiger partial charge in [0.1, 0.15) is 12.5 Å². The molecule has 10 heteroatoms. The van der Waals surface area contributed by atoms with Gasteiger partial charge in [0.05, 0.1) is 29.4 Å². The molecular weight excluding hydrogens is 534 g/mol. The summed E-state index contributed by atoms with van der Waals surface area (Å²) in [5.41, 5.74) is 3.87. The topological polar surface area (TPSA) is 91.6 Å². The summed E-state index contributed by atoms with van der Waals surface area (Å²) in [6.07, 6.45) is 3.58. The third-order valence-corrected chi connectivity index (χ3v) is 9.07. The highest BCUT2D eigenvalue weighted by atomic mass is 28.3. The molecule has 213 valence electrons. The van der Waals surface area contributed by atoms with Crippen LogP contribution in [0.3, 0.4) is 0 Å². The monoisotopic (exact) mass is 570 g/mol. The van der Waals surface area contributed by atoms with E-state index in [0.29, 0.717) is 36.8 Å². The van der Waals surface area contributed by atoms with Gasteiger partial charge in [-0.1, -0.05) is 19.2 Å². The average molecular weight is 571 g/mol. The van der Waals surface area contributed by atoms with Crippen molar-refractivity contribution >= 4 is 25.7 Å². The molecule has 4 aromatic rings. The zero-order chi connectivity index (χ0) is 28.3. The van der Waals surface area contributed by atoms with Crippen LogP contribution in [0.1, 0.15) is 12.6 Å². The highest BCUT2D eigenvalue weighted by Crippen LogP contribution is 2.52. The van der Waals surface area contributed by atoms with Crippen LogP contribution < -0.4 is 4.74 Å². The lowest BCUT2D eigenvalue weighted by Crippen LogP contribution is -2.26. The summed E-state index contributed by atoms with van der Waals surface area (Å²) >= 11 is 0. The van der Waals surface area contributed by atoms with Crippen LogP contribution in [0.5, 0.6) is 11.6 Å². The van der Waals surface area contributed by atoms with Crippen molar-refractivity contribution < 1.29 is 19.0 Å². The number of piperidine rings is 1. The summed E-state index contributed by atoms with van der Waals surface area (Å²) in [4.78, 5) is 23.8. The number of fused-ring (bicyclic) bond motifs is 2. The largest absolute Gasteiger partial charge is 0.466 e. The molecule has 2 aliphatic rings. The van der Waals surface area contributed by atoms with Crippen molar-refractivity contribution in [2.45, 2.75) is 39.3 Å². The van der Waals surface area contributed by atoms with Gasteiger partial charge in [0.15, 0.2) is 0 Å². The Kier molecular flexibility index (Phi) is 8.13. The van der Waals surface area contributed by atoms with Crippen LogP contribution >= 0.6 is 0 Å². The number of pyridine rings is 2. The van der Waals surface area contributed by atoms with Crippen LogP contribution in [0.2, 0.25) is 19.1 Å². The Hall–Kier alpha value is -3.60. The van der Waals surface area contributed by atoms with Gasteiger partial charge in [0.2, 0.25) is 5.88 Å². The molecule has 41 heavy (non-hydrogen) atoms. The smallest absolute Gasteiger partial charge is 0.309 e. The third kappa shape index (κ3) is 6.34. The number of esters is 1. The molecule has 1 unspecified atom stereocenters. The first kappa shape index (κ1) is 27.6. The molecule has 3 aromatic heterocycles. The summed E-state index contributed by atoms with van der Waals surface area (Å²) in [6, 6.07) is 17.0. The van der Waals surface area contributed by atoms with Crippen LogP contribution in [-0.4, -0.2) is 65.7 Å². The molecule has 0 spiro atoms. The first-order chi connectivity index (χ1) is 20.0. The quantitative estimate of drug-likeness (QED) is 0.130. The minimum absolute atomic E-state index is 0.0265. The molecule has 1 aliphatic carbocycles. The minimum atomic E-state index is -0.287. The number of likely N-dealkylation sites (tertiary alicyclic amines) is 1. The number of ether oxygens (including phenoxy) is 3. The van der Waals surface area contributed by atoms with Gasteiger partial charge in [-0.25, -0.2) is 9.67 Å². The van der Waals surface area contributed by atoms with E-state index in [2.05, 4.69) is 40.2 Å². The van der Waals surface area contributed by atoms with Crippen LogP contribution in [0.25, 0.3) is 22.2 Å². The van der Waals surface area contributed by atoms with Crippen molar-refractivity contribution in [1.29, 1.82) is 0 Å². The van der Waals surface area contributed by atoms with Gasteiger partial charge in [-0.2, -0.15) is 5.10 Å². The van der Waals surface area contributed by atoms with Gasteiger partial charge in [-0.15, -0.1) is 0 Å². The molecular formula is C31H36N5O4Si. The first-order valence-corrected chi connectivity index (χ1v) is 17.0. The first-order valence-electron chi connectivity index (χ1n) is 14.3. The molecule has 1 radical (unpaired) electrons. The molecule has 3 atom stereocenters. The Labute approximate surface area is 242 Å². The SMILES string of the molecule is CCOC(=O)C1[C@H]2CN(Cc3ccc4cc(Oc5ccc(-c6ccnn6COCC[Si](C)C)cn5)ccc4n3)C[C@@H]12. The van der Waals surface area contributed by atoms with Crippen LogP contribution in [0.15, 0.2) is 60.9 Å². The van der Waals surface area contributed by atoms with Crippen molar-refractivity contribution in [3.8, 4) is 22.9 Å². The number of carbonyl (C=O) groups is 1. The van der Waals surface area contributed by atoms with E-state index in [9.17, 15) is 4.79 Å². The summed E-state index contributed by atoms with van der Waals surface area (Å²) in [7, 11) is -0.287. The fourth-order valence-corrected chi connectivity index (χ4v) is 6.23. The molecule has 0 N–H and O–H groups in total. The van der Waals surface area contributed by atoms with Gasteiger partial charge in [-0.3, -0.25) is 14.7 Å². The molecule has 6 rings (SSSR count). The van der Waals surface area contributed by atoms with E-state index in [1.54, 1.807) is 12.4 Å². The van der Waals surface area contributed by atoms with E-state index in [4.69, 9.17) is 19.2 Å². The predicted molar refractivity (Wildman–Crippen MR) is 158 cm³/mol. The fraction of sp³-hybridized carbons (Fsp3) is 0.419. The molecule has 1 aromatic carbocycles. The molecule has 0 bridgehead atoms. The zero-order valence-corrected chi connectivity index (χ0v) is 24.8. The van der Waals surface area contributed by atoms with Crippen molar-refractivity contribution in [3.05, 3.63) is 66.6 Å². The second-order valence-corrected chi connectivity index (χ2v) is 14.1. The van der Waals surface area contributed by atoms with Gasteiger partial charge >= 0.3 is 5.97 Å². The Morgan fingerprint density at radius 3 is 2.68 bits per heavy atom. The molecule has 1 saturated carbocycles. The summed E-state index contributed by atoms with van der Waals surface area (Å²) < 4.78 is 18.9. The highest BCUT2D eigenvalue weighted by Gasteiger charge is 2.60. The maximum Gasteiger partial charge on any atom is 0.309 e. The van der Waals surface area contributed by atoms with Crippen molar-refractivity contribution in [2.75, 3.05) is 26.3 Å². The number of benzene rings is 1. The van der Waals surface area contributed by atoms with E-state index in [1.807, 2.05) is 48.0 Å². The predicted octanol–water partition coefficient (Wildman–Crippen LogP) is 5.26. The lowest BCUT2D eigenvalue weighted by molar-refractivity contribution is -0.145. The maximum atomic E-state index is 12.0. The molecule has 1 aliphatic heterocycles. The average Bonchev–Trinajstić information content (AvgIpc) is 3.25. The normalized spacial score (nSPS) is 20.0. The number of hydrogen-bond acceptors (Lipinski definition) is 8. The van der Waals surface area contributed by atoms with Gasteiger partial charge in [0, 0.05) is 64.4 Å². The lowest BCUT2D eigenvalue weighted by Gasteiger charge is -2.18. The fourth-order valence-electron chi connectivity index (χ4n) is 5.68. The Bertz CT molecular complexity index is 1500. The number of aromatic nitrogens is 4. The van der Waals surface area contributed by atoms with Gasteiger partial charge in [0.25, 0.3) is 0 Å². The van der Waals surface area contributed by atoms with Crippen molar-refractivity contribution in [1.82, 2.24) is 24.6 Å². The lowest BCUT2D eigenvalue weighted by atomic mass is 10.2. The summed E-state index contributed by atoms with van der Waals surface area (Å²) in [5, 5.41) is 5.41. The molecule has 0 amide bonds. The Morgan fingerprint density at radius 1 is 1.07 bits per heavy atom. The third-order valence-electron chi connectivity index (χ3n) is 7.86. The zero-order valence-electron chi connectivity index (χ0n) is 23.8. The van der Waals surface area contributed by atoms with E-state index in [1.165, 1.54) is 0 Å².